The van der Waals surface area contributed by atoms with E-state index >= 15 is 0 Å². The summed E-state index contributed by atoms with van der Waals surface area (Å²) < 4.78 is 0. The first-order valence-electron chi connectivity index (χ1n) is 8.90. The monoisotopic (exact) mass is 367 g/mol. The second-order valence-corrected chi connectivity index (χ2v) is 6.78. The molecule has 1 aliphatic heterocycles. The van der Waals surface area contributed by atoms with E-state index in [1.165, 1.54) is 18.2 Å². The van der Waals surface area contributed by atoms with Crippen molar-refractivity contribution in [2.75, 3.05) is 18.4 Å². The first kappa shape index (κ1) is 18.6. The lowest BCUT2D eigenvalue weighted by atomic mass is 9.98. The third-order valence-electron chi connectivity index (χ3n) is 4.81. The summed E-state index contributed by atoms with van der Waals surface area (Å²) in [5.41, 5.74) is 0.779. The smallest absolute Gasteiger partial charge is 0.282 e. The van der Waals surface area contributed by atoms with Crippen LogP contribution < -0.4 is 5.32 Å². The number of anilines is 1. The highest BCUT2D eigenvalue weighted by atomic mass is 16.6. The van der Waals surface area contributed by atoms with Crippen LogP contribution in [0.25, 0.3) is 0 Å². The molecule has 2 aromatic rings. The van der Waals surface area contributed by atoms with Crippen LogP contribution in [-0.2, 0) is 0 Å². The second kappa shape index (κ2) is 7.99. The van der Waals surface area contributed by atoms with E-state index in [-0.39, 0.29) is 17.2 Å². The number of piperidine rings is 1. The molecule has 1 fully saturated rings. The number of carbonyl (C=O) groups excluding carboxylic acids is 2. The van der Waals surface area contributed by atoms with E-state index in [9.17, 15) is 19.7 Å². The average molecular weight is 367 g/mol. The predicted octanol–water partition coefficient (Wildman–Crippen LogP) is 3.72. The molecule has 7 heteroatoms. The van der Waals surface area contributed by atoms with Gasteiger partial charge in [0.15, 0.2) is 0 Å². The molecule has 27 heavy (non-hydrogen) atoms. The van der Waals surface area contributed by atoms with E-state index in [4.69, 9.17) is 0 Å². The number of rotatable bonds is 4. The molecule has 0 radical (unpaired) electrons. The van der Waals surface area contributed by atoms with Crippen molar-refractivity contribution in [1.82, 2.24) is 4.90 Å². The molecule has 3 rings (SSSR count). The van der Waals surface area contributed by atoms with E-state index in [0.29, 0.717) is 17.2 Å². The van der Waals surface area contributed by atoms with Crippen LogP contribution in [0.15, 0.2) is 48.5 Å². The highest BCUT2D eigenvalue weighted by molar-refractivity contribution is 6.07. The third-order valence-corrected chi connectivity index (χ3v) is 4.81. The molecule has 7 nitrogen and oxygen atoms in total. The van der Waals surface area contributed by atoms with Gasteiger partial charge in [-0.25, -0.2) is 0 Å². The average Bonchev–Trinajstić information content (AvgIpc) is 2.68. The van der Waals surface area contributed by atoms with E-state index < -0.39 is 10.8 Å². The van der Waals surface area contributed by atoms with Gasteiger partial charge in [0, 0.05) is 30.4 Å². The molecule has 2 amide bonds. The number of nitrogens with zero attached hydrogens (tertiary/aromatic N) is 2. The quantitative estimate of drug-likeness (QED) is 0.658. The van der Waals surface area contributed by atoms with Crippen molar-refractivity contribution < 1.29 is 14.5 Å². The Balaban J connectivity index is 1.68. The molecular weight excluding hydrogens is 346 g/mol. The van der Waals surface area contributed by atoms with Crippen molar-refractivity contribution in [3.05, 3.63) is 69.8 Å². The number of amides is 2. The van der Waals surface area contributed by atoms with E-state index in [0.717, 1.165) is 25.9 Å². The molecule has 0 aromatic heterocycles. The number of hydrogen-bond donors (Lipinski definition) is 1. The lowest BCUT2D eigenvalue weighted by molar-refractivity contribution is -0.385. The van der Waals surface area contributed by atoms with Gasteiger partial charge < -0.3 is 10.2 Å². The molecule has 0 spiro atoms. The minimum atomic E-state index is -0.587. The number of nitrogens with one attached hydrogen (secondary N) is 1. The number of benzene rings is 2. The summed E-state index contributed by atoms with van der Waals surface area (Å²) in [5, 5.41) is 13.7. The maximum atomic E-state index is 12.5. The fraction of sp³-hybridized carbons (Fsp3) is 0.300. The van der Waals surface area contributed by atoms with Gasteiger partial charge in [0.1, 0.15) is 5.56 Å². The first-order chi connectivity index (χ1) is 13.0. The third kappa shape index (κ3) is 4.31. The van der Waals surface area contributed by atoms with Crippen molar-refractivity contribution in [3.63, 3.8) is 0 Å². The Morgan fingerprint density at radius 1 is 1.07 bits per heavy atom. The van der Waals surface area contributed by atoms with Crippen molar-refractivity contribution in [3.8, 4) is 0 Å². The molecule has 1 N–H and O–H groups in total. The topological polar surface area (TPSA) is 92.6 Å². The number of nitro benzene ring substituents is 1. The SMILES string of the molecule is CC1CCN(C(=O)c2ccc(NC(=O)c3ccccc3[N+](=O)[O-])cc2)CC1. The zero-order valence-electron chi connectivity index (χ0n) is 15.1. The van der Waals surface area contributed by atoms with Gasteiger partial charge in [-0.2, -0.15) is 0 Å². The fourth-order valence-electron chi connectivity index (χ4n) is 3.11. The Labute approximate surface area is 157 Å². The molecule has 0 bridgehead atoms. The highest BCUT2D eigenvalue weighted by Crippen LogP contribution is 2.21. The number of nitro groups is 1. The van der Waals surface area contributed by atoms with Crippen LogP contribution in [0.5, 0.6) is 0 Å². The van der Waals surface area contributed by atoms with Crippen LogP contribution >= 0.6 is 0 Å². The first-order valence-corrected chi connectivity index (χ1v) is 8.90. The second-order valence-electron chi connectivity index (χ2n) is 6.78. The Morgan fingerprint density at radius 2 is 1.70 bits per heavy atom. The van der Waals surface area contributed by atoms with Gasteiger partial charge in [-0.05, 0) is 49.1 Å². The fourth-order valence-corrected chi connectivity index (χ4v) is 3.11. The summed E-state index contributed by atoms with van der Waals surface area (Å²) in [7, 11) is 0. The zero-order valence-corrected chi connectivity index (χ0v) is 15.1. The lowest BCUT2D eigenvalue weighted by Gasteiger charge is -2.30. The summed E-state index contributed by atoms with van der Waals surface area (Å²) in [5.74, 6) is 0.0681. The van der Waals surface area contributed by atoms with Gasteiger partial charge >= 0.3 is 0 Å². The largest absolute Gasteiger partial charge is 0.339 e. The summed E-state index contributed by atoms with van der Waals surface area (Å²) in [4.78, 5) is 37.2. The molecule has 1 heterocycles. The molecule has 1 saturated heterocycles. The van der Waals surface area contributed by atoms with Crippen LogP contribution in [0.1, 0.15) is 40.5 Å². The summed E-state index contributed by atoms with van der Waals surface area (Å²) in [6.45, 7) is 3.71. The minimum absolute atomic E-state index is 0.00918. The summed E-state index contributed by atoms with van der Waals surface area (Å²) in [6.07, 6.45) is 2.02. The van der Waals surface area contributed by atoms with E-state index in [2.05, 4.69) is 12.2 Å². The number of likely N-dealkylation sites (tertiary alicyclic amines) is 1. The minimum Gasteiger partial charge on any atom is -0.339 e. The van der Waals surface area contributed by atoms with Crippen LogP contribution in [-0.4, -0.2) is 34.7 Å². The zero-order chi connectivity index (χ0) is 19.4. The molecular formula is C20H21N3O4. The van der Waals surface area contributed by atoms with Crippen LogP contribution in [0, 0.1) is 16.0 Å². The molecule has 0 unspecified atom stereocenters. The molecule has 140 valence electrons. The van der Waals surface area contributed by atoms with Crippen molar-refractivity contribution in [2.24, 2.45) is 5.92 Å². The molecule has 2 aromatic carbocycles. The van der Waals surface area contributed by atoms with Crippen LogP contribution in [0.4, 0.5) is 11.4 Å². The maximum Gasteiger partial charge on any atom is 0.282 e. The normalized spacial score (nSPS) is 14.6. The molecule has 0 aliphatic carbocycles. The standard InChI is InChI=1S/C20H21N3O4/c1-14-10-12-22(13-11-14)20(25)15-6-8-16(9-7-15)21-19(24)17-4-2-3-5-18(17)23(26)27/h2-9,14H,10-13H2,1H3,(H,21,24). The van der Waals surface area contributed by atoms with Crippen molar-refractivity contribution >= 4 is 23.2 Å². The van der Waals surface area contributed by atoms with Crippen molar-refractivity contribution in [2.45, 2.75) is 19.8 Å². The molecule has 0 atom stereocenters. The lowest BCUT2D eigenvalue weighted by Crippen LogP contribution is -2.37. The number of hydrogen-bond acceptors (Lipinski definition) is 4. The van der Waals surface area contributed by atoms with Gasteiger partial charge in [-0.15, -0.1) is 0 Å². The van der Waals surface area contributed by atoms with E-state index in [1.54, 1.807) is 30.3 Å². The molecule has 0 saturated carbocycles. The Bertz CT molecular complexity index is 856. The van der Waals surface area contributed by atoms with Gasteiger partial charge in [0.25, 0.3) is 17.5 Å². The van der Waals surface area contributed by atoms with Crippen LogP contribution in [0.2, 0.25) is 0 Å². The Hall–Kier alpha value is -3.22. The summed E-state index contributed by atoms with van der Waals surface area (Å²) in [6, 6.07) is 12.4. The van der Waals surface area contributed by atoms with Gasteiger partial charge in [-0.3, -0.25) is 19.7 Å². The number of carbonyl (C=O) groups is 2. The van der Waals surface area contributed by atoms with Gasteiger partial charge in [0.05, 0.1) is 4.92 Å². The van der Waals surface area contributed by atoms with Gasteiger partial charge in [0.2, 0.25) is 0 Å². The van der Waals surface area contributed by atoms with Crippen LogP contribution in [0.3, 0.4) is 0 Å². The van der Waals surface area contributed by atoms with Gasteiger partial charge in [-0.1, -0.05) is 19.1 Å². The summed E-state index contributed by atoms with van der Waals surface area (Å²) >= 11 is 0. The Morgan fingerprint density at radius 3 is 2.33 bits per heavy atom. The Kier molecular flexibility index (Phi) is 5.49. The van der Waals surface area contributed by atoms with E-state index in [1.807, 2.05) is 4.90 Å². The maximum absolute atomic E-state index is 12.5. The van der Waals surface area contributed by atoms with Crippen molar-refractivity contribution in [1.29, 1.82) is 0 Å². The molecule has 1 aliphatic rings. The number of para-hydroxylation sites is 1. The predicted molar refractivity (Wildman–Crippen MR) is 102 cm³/mol. The highest BCUT2D eigenvalue weighted by Gasteiger charge is 2.22.